The molecular weight excluding hydrogens is 431 g/mol. The average Bonchev–Trinajstić information content (AvgIpc) is 3.49. The van der Waals surface area contributed by atoms with Crippen molar-refractivity contribution in [2.45, 2.75) is 0 Å². The molecule has 5 heterocycles. The van der Waals surface area contributed by atoms with Crippen molar-refractivity contribution in [2.75, 3.05) is 19.0 Å². The van der Waals surface area contributed by atoms with E-state index in [2.05, 4.69) is 30.1 Å². The van der Waals surface area contributed by atoms with Gasteiger partial charge in [-0.3, -0.25) is 20.1 Å². The number of anilines is 1. The molecule has 34 heavy (non-hydrogen) atoms. The van der Waals surface area contributed by atoms with Gasteiger partial charge >= 0.3 is 0 Å². The van der Waals surface area contributed by atoms with Gasteiger partial charge < -0.3 is 9.88 Å². The zero-order valence-electron chi connectivity index (χ0n) is 18.4. The smallest absolute Gasteiger partial charge is 0.159 e. The first-order valence-electron chi connectivity index (χ1n) is 10.6. The molecule has 0 aliphatic rings. The quantitative estimate of drug-likeness (QED) is 0.399. The van der Waals surface area contributed by atoms with E-state index in [9.17, 15) is 0 Å². The molecule has 6 rings (SSSR count). The lowest BCUT2D eigenvalue weighted by molar-refractivity contribution is 0.643. The van der Waals surface area contributed by atoms with Crippen molar-refractivity contribution in [1.29, 1.82) is 0 Å². The summed E-state index contributed by atoms with van der Waals surface area (Å²) >= 11 is 0. The fourth-order valence-electron chi connectivity index (χ4n) is 4.06. The van der Waals surface area contributed by atoms with E-state index in [4.69, 9.17) is 4.98 Å². The molecule has 0 amide bonds. The Kier molecular flexibility index (Phi) is 4.54. The topological polar surface area (TPSA) is 99.3 Å². The first kappa shape index (κ1) is 20.0. The molecular formula is C25H19FN8. The number of H-pyrrole nitrogens is 2. The molecule has 0 atom stereocenters. The highest BCUT2D eigenvalue weighted by Gasteiger charge is 2.20. The van der Waals surface area contributed by atoms with Crippen LogP contribution in [0.4, 0.5) is 10.1 Å². The normalized spacial score (nSPS) is 11.4. The van der Waals surface area contributed by atoms with Gasteiger partial charge in [-0.15, -0.1) is 0 Å². The second-order valence-electron chi connectivity index (χ2n) is 8.13. The number of hydrogen-bond acceptors (Lipinski definition) is 6. The fourth-order valence-corrected chi connectivity index (χ4v) is 4.06. The highest BCUT2D eigenvalue weighted by molar-refractivity contribution is 5.98. The predicted octanol–water partition coefficient (Wildman–Crippen LogP) is 4.83. The number of benzene rings is 1. The monoisotopic (exact) mass is 450 g/mol. The van der Waals surface area contributed by atoms with Crippen molar-refractivity contribution in [3.63, 3.8) is 0 Å². The highest BCUT2D eigenvalue weighted by Crippen LogP contribution is 2.35. The van der Waals surface area contributed by atoms with E-state index in [1.807, 2.05) is 49.3 Å². The number of halogens is 1. The predicted molar refractivity (Wildman–Crippen MR) is 130 cm³/mol. The van der Waals surface area contributed by atoms with Gasteiger partial charge in [-0.2, -0.15) is 5.10 Å². The number of nitrogens with one attached hydrogen (secondary N) is 2. The van der Waals surface area contributed by atoms with E-state index >= 15 is 4.39 Å². The summed E-state index contributed by atoms with van der Waals surface area (Å²) in [7, 11) is 3.84. The number of aromatic amines is 2. The van der Waals surface area contributed by atoms with Crippen LogP contribution in [0, 0.1) is 5.82 Å². The zero-order chi connectivity index (χ0) is 23.2. The number of aromatic nitrogens is 7. The van der Waals surface area contributed by atoms with Crippen LogP contribution in [0.25, 0.3) is 55.8 Å². The van der Waals surface area contributed by atoms with Crippen LogP contribution in [-0.2, 0) is 0 Å². The molecule has 0 fully saturated rings. The summed E-state index contributed by atoms with van der Waals surface area (Å²) in [6, 6.07) is 11.1. The maximum Gasteiger partial charge on any atom is 0.159 e. The lowest BCUT2D eigenvalue weighted by atomic mass is 10.0. The number of fused-ring (bicyclic) bond motifs is 2. The van der Waals surface area contributed by atoms with Crippen molar-refractivity contribution in [1.82, 2.24) is 35.1 Å². The van der Waals surface area contributed by atoms with Crippen molar-refractivity contribution >= 4 is 27.6 Å². The summed E-state index contributed by atoms with van der Waals surface area (Å²) in [5.74, 6) is 0.0765. The number of pyridine rings is 3. The van der Waals surface area contributed by atoms with E-state index in [1.165, 1.54) is 0 Å². The first-order chi connectivity index (χ1) is 16.6. The molecule has 0 spiro atoms. The maximum atomic E-state index is 15.9. The maximum absolute atomic E-state index is 15.9. The molecule has 0 aliphatic heterocycles. The summed E-state index contributed by atoms with van der Waals surface area (Å²) in [6.45, 7) is 0. The molecule has 0 saturated heterocycles. The molecule has 0 saturated carbocycles. The molecule has 9 heteroatoms. The minimum Gasteiger partial charge on any atom is -0.376 e. The lowest BCUT2D eigenvalue weighted by Gasteiger charge is -2.13. The molecule has 8 nitrogen and oxygen atoms in total. The van der Waals surface area contributed by atoms with Crippen LogP contribution in [0.3, 0.4) is 0 Å². The fraction of sp³-hybridized carbons (Fsp3) is 0.0800. The second-order valence-corrected chi connectivity index (χ2v) is 8.13. The van der Waals surface area contributed by atoms with Gasteiger partial charge in [0.2, 0.25) is 0 Å². The van der Waals surface area contributed by atoms with Crippen LogP contribution in [0.1, 0.15) is 0 Å². The summed E-state index contributed by atoms with van der Waals surface area (Å²) in [6.07, 6.45) is 8.53. The molecule has 0 radical (unpaired) electrons. The number of rotatable bonds is 4. The summed E-state index contributed by atoms with van der Waals surface area (Å²) in [5.41, 5.74) is 6.09. The lowest BCUT2D eigenvalue weighted by Crippen LogP contribution is -2.08. The average molecular weight is 450 g/mol. The molecule has 5 aromatic heterocycles. The molecule has 0 aliphatic carbocycles. The Morgan fingerprint density at radius 1 is 0.853 bits per heavy atom. The van der Waals surface area contributed by atoms with Gasteiger partial charge in [0.05, 0.1) is 34.0 Å². The largest absolute Gasteiger partial charge is 0.376 e. The molecule has 166 valence electrons. The second kappa shape index (κ2) is 7.73. The van der Waals surface area contributed by atoms with E-state index in [-0.39, 0.29) is 5.82 Å². The van der Waals surface area contributed by atoms with Crippen LogP contribution < -0.4 is 4.90 Å². The Bertz CT molecular complexity index is 1650. The first-order valence-corrected chi connectivity index (χ1v) is 10.6. The van der Waals surface area contributed by atoms with Crippen molar-refractivity contribution < 1.29 is 4.39 Å². The molecule has 2 N–H and O–H groups in total. The summed E-state index contributed by atoms with van der Waals surface area (Å²) in [5, 5.41) is 7.69. The summed E-state index contributed by atoms with van der Waals surface area (Å²) < 4.78 is 15.9. The van der Waals surface area contributed by atoms with Crippen LogP contribution in [-0.4, -0.2) is 49.2 Å². The Hall–Kier alpha value is -4.66. The van der Waals surface area contributed by atoms with E-state index in [1.54, 1.807) is 37.1 Å². The third-order valence-electron chi connectivity index (χ3n) is 5.80. The molecule has 0 unspecified atom stereocenters. The van der Waals surface area contributed by atoms with Crippen molar-refractivity contribution in [3.8, 4) is 33.9 Å². The Morgan fingerprint density at radius 3 is 2.53 bits per heavy atom. The van der Waals surface area contributed by atoms with Crippen LogP contribution >= 0.6 is 0 Å². The van der Waals surface area contributed by atoms with Gasteiger partial charge in [-0.1, -0.05) is 0 Å². The van der Waals surface area contributed by atoms with Gasteiger partial charge in [0.15, 0.2) is 5.82 Å². The Balaban J connectivity index is 1.52. The van der Waals surface area contributed by atoms with E-state index < -0.39 is 0 Å². The number of hydrogen-bond donors (Lipinski definition) is 2. The molecule has 0 bridgehead atoms. The van der Waals surface area contributed by atoms with Crippen LogP contribution in [0.15, 0.2) is 67.4 Å². The Labute approximate surface area is 193 Å². The van der Waals surface area contributed by atoms with Gasteiger partial charge in [-0.05, 0) is 36.4 Å². The number of nitrogens with zero attached hydrogens (tertiary/aromatic N) is 6. The third-order valence-corrected chi connectivity index (χ3v) is 5.80. The van der Waals surface area contributed by atoms with E-state index in [0.717, 1.165) is 22.5 Å². The molecule has 1 aromatic carbocycles. The van der Waals surface area contributed by atoms with Gasteiger partial charge in [0.25, 0.3) is 0 Å². The number of imidazole rings is 1. The minimum atomic E-state index is -0.383. The minimum absolute atomic E-state index is 0.366. The highest BCUT2D eigenvalue weighted by atomic mass is 19.1. The van der Waals surface area contributed by atoms with Crippen LogP contribution in [0.5, 0.6) is 0 Å². The van der Waals surface area contributed by atoms with Crippen molar-refractivity contribution in [3.05, 3.63) is 73.2 Å². The van der Waals surface area contributed by atoms with E-state index in [0.29, 0.717) is 39.1 Å². The van der Waals surface area contributed by atoms with Gasteiger partial charge in [-0.25, -0.2) is 9.37 Å². The van der Waals surface area contributed by atoms with Gasteiger partial charge in [0, 0.05) is 55.6 Å². The standard InChI is InChI=1S/C25H19FN8/c1-34(2)16-11-15(12-28-13-16)17-3-4-18-20(21(17)26)24(33-32-18)25-30-19-7-10-29-22(23(19)31-25)14-5-8-27-9-6-14/h3-13H,1-2H3,(H,30,31)(H,32,33). The summed E-state index contributed by atoms with van der Waals surface area (Å²) in [4.78, 5) is 22.8. The molecule has 6 aromatic rings. The SMILES string of the molecule is CN(C)c1cncc(-c2ccc3[nH]nc(-c4nc5c(-c6ccncc6)nccc5[nH]4)c3c2F)c1. The van der Waals surface area contributed by atoms with Crippen LogP contribution in [0.2, 0.25) is 0 Å². The third kappa shape index (κ3) is 3.17. The zero-order valence-corrected chi connectivity index (χ0v) is 18.4. The Morgan fingerprint density at radius 2 is 1.71 bits per heavy atom. The van der Waals surface area contributed by atoms with Crippen molar-refractivity contribution in [2.24, 2.45) is 0 Å². The van der Waals surface area contributed by atoms with Gasteiger partial charge in [0.1, 0.15) is 17.0 Å².